The Labute approximate surface area is 149 Å². The number of hydrogen-bond donors (Lipinski definition) is 1. The minimum atomic E-state index is 0.294. The van der Waals surface area contributed by atoms with Gasteiger partial charge >= 0.3 is 0 Å². The van der Waals surface area contributed by atoms with Gasteiger partial charge in [-0.1, -0.05) is 31.7 Å². The van der Waals surface area contributed by atoms with Gasteiger partial charge < -0.3 is 5.32 Å². The van der Waals surface area contributed by atoms with Crippen LogP contribution in [0, 0.1) is 5.92 Å². The first-order valence-corrected chi connectivity index (χ1v) is 10.8. The minimum Gasteiger partial charge on any atom is -0.353 e. The second-order valence-corrected chi connectivity index (χ2v) is 9.03. The summed E-state index contributed by atoms with van der Waals surface area (Å²) in [7, 11) is 0. The highest BCUT2D eigenvalue weighted by molar-refractivity contribution is 7.09. The largest absolute Gasteiger partial charge is 0.353 e. The lowest BCUT2D eigenvalue weighted by molar-refractivity contribution is -0.127. The fourth-order valence-corrected chi connectivity index (χ4v) is 5.83. The molecule has 4 rings (SSSR count). The van der Waals surface area contributed by atoms with Crippen LogP contribution in [-0.4, -0.2) is 28.9 Å². The molecular weight excluding hydrogens is 316 g/mol. The van der Waals surface area contributed by atoms with Gasteiger partial charge in [0.05, 0.1) is 0 Å². The predicted octanol–water partition coefficient (Wildman–Crippen LogP) is 4.33. The Hall–Kier alpha value is -0.870. The maximum Gasteiger partial charge on any atom is 0.223 e. The fourth-order valence-electron chi connectivity index (χ4n) is 5.12. The van der Waals surface area contributed by atoms with E-state index in [2.05, 4.69) is 27.7 Å². The topological polar surface area (TPSA) is 32.3 Å². The first kappa shape index (κ1) is 16.6. The van der Waals surface area contributed by atoms with Gasteiger partial charge in [-0.3, -0.25) is 9.69 Å². The quantitative estimate of drug-likeness (QED) is 0.880. The van der Waals surface area contributed by atoms with Crippen molar-refractivity contribution in [3.05, 3.63) is 22.4 Å². The van der Waals surface area contributed by atoms with Gasteiger partial charge in [0.25, 0.3) is 0 Å². The Morgan fingerprint density at radius 2 is 1.83 bits per heavy atom. The molecule has 1 saturated carbocycles. The molecule has 1 unspecified atom stereocenters. The molecule has 2 bridgehead atoms. The third kappa shape index (κ3) is 3.70. The lowest BCUT2D eigenvalue weighted by Crippen LogP contribution is -2.56. The van der Waals surface area contributed by atoms with Crippen LogP contribution in [0.3, 0.4) is 0 Å². The van der Waals surface area contributed by atoms with Crippen molar-refractivity contribution in [1.82, 2.24) is 10.2 Å². The van der Waals surface area contributed by atoms with Crippen molar-refractivity contribution in [2.24, 2.45) is 5.92 Å². The van der Waals surface area contributed by atoms with E-state index in [1.165, 1.54) is 43.4 Å². The van der Waals surface area contributed by atoms with Crippen LogP contribution in [0.4, 0.5) is 0 Å². The molecule has 1 aromatic rings. The fraction of sp³-hybridized carbons (Fsp3) is 0.750. The number of fused-ring (bicyclic) bond motifs is 2. The third-order valence-electron chi connectivity index (χ3n) is 6.37. The molecule has 132 valence electrons. The average Bonchev–Trinajstić information content (AvgIpc) is 3.09. The third-order valence-corrected chi connectivity index (χ3v) is 7.23. The van der Waals surface area contributed by atoms with Crippen LogP contribution >= 0.6 is 11.3 Å². The van der Waals surface area contributed by atoms with Gasteiger partial charge in [0, 0.05) is 35.5 Å². The van der Waals surface area contributed by atoms with Gasteiger partial charge in [0.15, 0.2) is 0 Å². The van der Waals surface area contributed by atoms with Crippen molar-refractivity contribution >= 4 is 17.2 Å². The molecule has 1 amide bonds. The Morgan fingerprint density at radius 3 is 2.50 bits per heavy atom. The summed E-state index contributed by atoms with van der Waals surface area (Å²) in [6, 6.07) is 6.16. The van der Waals surface area contributed by atoms with Crippen LogP contribution in [-0.2, 0) is 11.3 Å². The molecule has 1 N–H and O–H groups in total. The zero-order valence-electron chi connectivity index (χ0n) is 14.6. The highest BCUT2D eigenvalue weighted by atomic mass is 32.1. The molecule has 4 heteroatoms. The molecule has 0 radical (unpaired) electrons. The number of nitrogens with one attached hydrogen (secondary N) is 1. The van der Waals surface area contributed by atoms with Gasteiger partial charge in [0.2, 0.25) is 5.91 Å². The Morgan fingerprint density at radius 1 is 1.08 bits per heavy atom. The molecule has 2 saturated heterocycles. The number of thiophene rings is 1. The maximum absolute atomic E-state index is 12.6. The van der Waals surface area contributed by atoms with E-state index >= 15 is 0 Å². The summed E-state index contributed by atoms with van der Waals surface area (Å²) in [6.45, 7) is 1.11. The summed E-state index contributed by atoms with van der Waals surface area (Å²) in [6.07, 6.45) is 12.3. The van der Waals surface area contributed by atoms with Crippen LogP contribution in [0.2, 0.25) is 0 Å². The number of carbonyl (C=O) groups excluding carboxylic acids is 1. The van der Waals surface area contributed by atoms with Crippen LogP contribution in [0.1, 0.15) is 69.1 Å². The number of carbonyl (C=O) groups is 1. The van der Waals surface area contributed by atoms with Crippen molar-refractivity contribution in [3.63, 3.8) is 0 Å². The molecule has 0 aromatic carbocycles. The number of nitrogens with zero attached hydrogens (tertiary/aromatic N) is 1. The lowest BCUT2D eigenvalue weighted by Gasteiger charge is -2.49. The molecule has 0 spiro atoms. The molecule has 3 nitrogen and oxygen atoms in total. The molecule has 3 heterocycles. The van der Waals surface area contributed by atoms with Crippen LogP contribution < -0.4 is 5.32 Å². The second kappa shape index (κ2) is 7.57. The molecule has 3 aliphatic rings. The van der Waals surface area contributed by atoms with E-state index in [0.29, 0.717) is 30.0 Å². The number of hydrogen-bond acceptors (Lipinski definition) is 3. The van der Waals surface area contributed by atoms with E-state index in [1.807, 2.05) is 11.3 Å². The first-order chi connectivity index (χ1) is 11.8. The Balaban J connectivity index is 1.36. The molecule has 2 aliphatic heterocycles. The summed E-state index contributed by atoms with van der Waals surface area (Å²) in [5.41, 5.74) is 0. The van der Waals surface area contributed by atoms with Crippen molar-refractivity contribution in [2.75, 3.05) is 0 Å². The van der Waals surface area contributed by atoms with Gasteiger partial charge in [-0.15, -0.1) is 11.3 Å². The van der Waals surface area contributed by atoms with Crippen molar-refractivity contribution in [1.29, 1.82) is 0 Å². The van der Waals surface area contributed by atoms with Gasteiger partial charge in [-0.25, -0.2) is 0 Å². The summed E-state index contributed by atoms with van der Waals surface area (Å²) in [4.78, 5) is 16.8. The predicted molar refractivity (Wildman–Crippen MR) is 99.0 cm³/mol. The summed E-state index contributed by atoms with van der Waals surface area (Å²) >= 11 is 1.87. The van der Waals surface area contributed by atoms with Gasteiger partial charge in [-0.2, -0.15) is 0 Å². The second-order valence-electron chi connectivity index (χ2n) is 8.00. The van der Waals surface area contributed by atoms with E-state index in [1.54, 1.807) is 0 Å². The van der Waals surface area contributed by atoms with Crippen LogP contribution in [0.5, 0.6) is 0 Å². The van der Waals surface area contributed by atoms with Gasteiger partial charge in [0.1, 0.15) is 0 Å². The normalized spacial score (nSPS) is 31.8. The molecule has 1 aliphatic carbocycles. The SMILES string of the molecule is O=C(NC1C[C@H]2CCC[C@@H](C1)N2Cc1cccs1)C1CCCCC1. The monoisotopic (exact) mass is 346 g/mol. The molecular formula is C20H30N2OS. The van der Waals surface area contributed by atoms with E-state index in [0.717, 1.165) is 32.2 Å². The van der Waals surface area contributed by atoms with E-state index in [9.17, 15) is 4.79 Å². The smallest absolute Gasteiger partial charge is 0.223 e. The molecule has 1 aromatic heterocycles. The zero-order chi connectivity index (χ0) is 16.4. The summed E-state index contributed by atoms with van der Waals surface area (Å²) in [5.74, 6) is 0.646. The van der Waals surface area contributed by atoms with Crippen molar-refractivity contribution in [3.8, 4) is 0 Å². The highest BCUT2D eigenvalue weighted by Gasteiger charge is 2.39. The number of amides is 1. The lowest BCUT2D eigenvalue weighted by atomic mass is 9.81. The molecule has 24 heavy (non-hydrogen) atoms. The Bertz CT molecular complexity index is 524. The van der Waals surface area contributed by atoms with Crippen LogP contribution in [0.15, 0.2) is 17.5 Å². The average molecular weight is 347 g/mol. The highest BCUT2D eigenvalue weighted by Crippen LogP contribution is 2.36. The van der Waals surface area contributed by atoms with E-state index in [-0.39, 0.29) is 0 Å². The zero-order valence-corrected chi connectivity index (χ0v) is 15.4. The van der Waals surface area contributed by atoms with E-state index in [4.69, 9.17) is 0 Å². The van der Waals surface area contributed by atoms with Crippen molar-refractivity contribution < 1.29 is 4.79 Å². The van der Waals surface area contributed by atoms with Crippen molar-refractivity contribution in [2.45, 2.75) is 88.9 Å². The number of rotatable bonds is 4. The van der Waals surface area contributed by atoms with E-state index < -0.39 is 0 Å². The first-order valence-electron chi connectivity index (χ1n) is 9.88. The van der Waals surface area contributed by atoms with Gasteiger partial charge in [-0.05, 0) is 50.0 Å². The molecule has 3 fully saturated rings. The van der Waals surface area contributed by atoms with Crippen LogP contribution in [0.25, 0.3) is 0 Å². The maximum atomic E-state index is 12.6. The minimum absolute atomic E-state index is 0.294. The Kier molecular flexibility index (Phi) is 5.23. The number of piperidine rings is 2. The standard InChI is InChI=1S/C20H30N2OS/c23-20(15-6-2-1-3-7-15)21-16-12-17-8-4-9-18(13-16)22(17)14-19-10-5-11-24-19/h5,10-11,15-18H,1-4,6-9,12-14H2,(H,21,23)/t16?,17-,18+. The summed E-state index contributed by atoms with van der Waals surface area (Å²) < 4.78 is 0. The summed E-state index contributed by atoms with van der Waals surface area (Å²) in [5, 5.41) is 5.62. The molecule has 3 atom stereocenters.